The standard InChI is InChI=1S/C18H24ClNO3/c1-18(2,3)23-17(21)20-13-6-7-14(20)11-16(10-13)22-15-8-4-12(19)5-9-15/h4-5,8-9,13-14,16H,6-7,10-11H2,1-3H3/t13-,14+,16?. The molecule has 3 atom stereocenters. The van der Waals surface area contributed by atoms with Gasteiger partial charge in [-0.1, -0.05) is 11.6 Å². The van der Waals surface area contributed by atoms with Crippen LogP contribution in [0.5, 0.6) is 5.75 Å². The number of hydrogen-bond donors (Lipinski definition) is 0. The van der Waals surface area contributed by atoms with Crippen molar-refractivity contribution in [2.45, 2.75) is 70.2 Å². The highest BCUT2D eigenvalue weighted by atomic mass is 35.5. The molecule has 2 bridgehead atoms. The fourth-order valence-electron chi connectivity index (χ4n) is 3.54. The number of carbonyl (C=O) groups is 1. The van der Waals surface area contributed by atoms with Crippen molar-refractivity contribution in [2.24, 2.45) is 0 Å². The van der Waals surface area contributed by atoms with Gasteiger partial charge in [0.1, 0.15) is 17.5 Å². The second-order valence-corrected chi connectivity index (χ2v) is 7.87. The van der Waals surface area contributed by atoms with E-state index >= 15 is 0 Å². The van der Waals surface area contributed by atoms with Crippen molar-refractivity contribution >= 4 is 17.7 Å². The number of carbonyl (C=O) groups excluding carboxylic acids is 1. The molecule has 1 amide bonds. The first-order valence-electron chi connectivity index (χ1n) is 8.25. The fraction of sp³-hybridized carbons (Fsp3) is 0.611. The lowest BCUT2D eigenvalue weighted by Gasteiger charge is -2.39. The Bertz CT molecular complexity index is 553. The summed E-state index contributed by atoms with van der Waals surface area (Å²) in [4.78, 5) is 14.4. The molecule has 2 aliphatic rings. The molecule has 0 aromatic heterocycles. The van der Waals surface area contributed by atoms with E-state index in [4.69, 9.17) is 21.1 Å². The molecule has 0 N–H and O–H groups in total. The summed E-state index contributed by atoms with van der Waals surface area (Å²) in [6, 6.07) is 7.90. The van der Waals surface area contributed by atoms with Crippen molar-refractivity contribution in [2.75, 3.05) is 0 Å². The first kappa shape index (κ1) is 16.4. The van der Waals surface area contributed by atoms with Gasteiger partial charge < -0.3 is 14.4 Å². The Balaban J connectivity index is 1.62. The second-order valence-electron chi connectivity index (χ2n) is 7.44. The number of halogens is 1. The smallest absolute Gasteiger partial charge is 0.410 e. The summed E-state index contributed by atoms with van der Waals surface area (Å²) in [6.45, 7) is 5.72. The minimum Gasteiger partial charge on any atom is -0.490 e. The number of benzene rings is 1. The van der Waals surface area contributed by atoms with Gasteiger partial charge >= 0.3 is 6.09 Å². The zero-order valence-electron chi connectivity index (χ0n) is 13.9. The van der Waals surface area contributed by atoms with Crippen molar-refractivity contribution in [3.8, 4) is 5.75 Å². The third-order valence-electron chi connectivity index (χ3n) is 4.41. The minimum absolute atomic E-state index is 0.146. The van der Waals surface area contributed by atoms with Gasteiger partial charge in [-0.15, -0.1) is 0 Å². The van der Waals surface area contributed by atoms with E-state index in [1.54, 1.807) is 0 Å². The third kappa shape index (κ3) is 3.92. The normalized spacial score (nSPS) is 27.0. The summed E-state index contributed by atoms with van der Waals surface area (Å²) in [5.41, 5.74) is -0.451. The monoisotopic (exact) mass is 337 g/mol. The number of nitrogens with zero attached hydrogens (tertiary/aromatic N) is 1. The van der Waals surface area contributed by atoms with Crippen LogP contribution < -0.4 is 4.74 Å². The van der Waals surface area contributed by atoms with Gasteiger partial charge in [-0.05, 0) is 57.9 Å². The number of hydrogen-bond acceptors (Lipinski definition) is 3. The molecule has 1 aromatic rings. The van der Waals surface area contributed by atoms with Crippen molar-refractivity contribution < 1.29 is 14.3 Å². The molecule has 2 heterocycles. The van der Waals surface area contributed by atoms with Gasteiger partial charge in [0, 0.05) is 29.9 Å². The highest BCUT2D eigenvalue weighted by molar-refractivity contribution is 6.30. The fourth-order valence-corrected chi connectivity index (χ4v) is 3.67. The van der Waals surface area contributed by atoms with E-state index in [9.17, 15) is 4.79 Å². The highest BCUT2D eigenvalue weighted by Crippen LogP contribution is 2.38. The van der Waals surface area contributed by atoms with Crippen LogP contribution >= 0.6 is 11.6 Å². The van der Waals surface area contributed by atoms with Crippen molar-refractivity contribution in [1.29, 1.82) is 0 Å². The molecule has 2 fully saturated rings. The number of ether oxygens (including phenoxy) is 2. The van der Waals surface area contributed by atoms with Crippen molar-refractivity contribution in [3.05, 3.63) is 29.3 Å². The van der Waals surface area contributed by atoms with Crippen LogP contribution in [-0.2, 0) is 4.74 Å². The molecule has 4 nitrogen and oxygen atoms in total. The lowest BCUT2D eigenvalue weighted by atomic mass is 10.00. The van der Waals surface area contributed by atoms with Crippen LogP contribution in [0.4, 0.5) is 4.79 Å². The van der Waals surface area contributed by atoms with Gasteiger partial charge in [0.2, 0.25) is 0 Å². The van der Waals surface area contributed by atoms with E-state index in [1.165, 1.54) is 0 Å². The Kier molecular flexibility index (Phi) is 4.45. The topological polar surface area (TPSA) is 38.8 Å². The molecule has 3 rings (SSSR count). The zero-order chi connectivity index (χ0) is 16.6. The van der Waals surface area contributed by atoms with E-state index in [1.807, 2.05) is 49.9 Å². The predicted molar refractivity (Wildman–Crippen MR) is 90.0 cm³/mol. The summed E-state index contributed by atoms with van der Waals surface area (Å²) in [7, 11) is 0. The highest BCUT2D eigenvalue weighted by Gasteiger charge is 2.45. The van der Waals surface area contributed by atoms with Crippen molar-refractivity contribution in [1.82, 2.24) is 4.90 Å². The molecule has 0 radical (unpaired) electrons. The van der Waals surface area contributed by atoms with E-state index in [-0.39, 0.29) is 24.3 Å². The average Bonchev–Trinajstić information content (AvgIpc) is 2.72. The number of fused-ring (bicyclic) bond motifs is 2. The molecule has 0 saturated carbocycles. The zero-order valence-corrected chi connectivity index (χ0v) is 14.7. The Morgan fingerprint density at radius 2 is 1.70 bits per heavy atom. The van der Waals surface area contributed by atoms with Gasteiger partial charge in [0.15, 0.2) is 0 Å². The molecule has 0 aliphatic carbocycles. The first-order chi connectivity index (χ1) is 10.8. The van der Waals surface area contributed by atoms with Crippen LogP contribution in [0.25, 0.3) is 0 Å². The molecule has 23 heavy (non-hydrogen) atoms. The molecular weight excluding hydrogens is 314 g/mol. The van der Waals surface area contributed by atoms with Crippen LogP contribution in [0.15, 0.2) is 24.3 Å². The van der Waals surface area contributed by atoms with Crippen LogP contribution in [0.3, 0.4) is 0 Å². The average molecular weight is 338 g/mol. The lowest BCUT2D eigenvalue weighted by molar-refractivity contribution is -0.00707. The SMILES string of the molecule is CC(C)(C)OC(=O)N1[C@@H]2CC[C@H]1CC(Oc1ccc(Cl)cc1)C2. The van der Waals surface area contributed by atoms with Crippen molar-refractivity contribution in [3.63, 3.8) is 0 Å². The Labute approximate surface area is 142 Å². The maximum absolute atomic E-state index is 12.4. The Morgan fingerprint density at radius 3 is 2.22 bits per heavy atom. The van der Waals surface area contributed by atoms with Crippen LogP contribution in [-0.4, -0.2) is 34.8 Å². The molecule has 1 aromatic carbocycles. The van der Waals surface area contributed by atoms with Crippen LogP contribution in [0.1, 0.15) is 46.5 Å². The quantitative estimate of drug-likeness (QED) is 0.788. The number of piperidine rings is 1. The van der Waals surface area contributed by atoms with Gasteiger partial charge in [-0.25, -0.2) is 4.79 Å². The molecule has 5 heteroatoms. The molecule has 126 valence electrons. The van der Waals surface area contributed by atoms with E-state index in [2.05, 4.69) is 0 Å². The van der Waals surface area contributed by atoms with Crippen LogP contribution in [0, 0.1) is 0 Å². The molecular formula is C18H24ClNO3. The van der Waals surface area contributed by atoms with E-state index in [0.29, 0.717) is 5.02 Å². The van der Waals surface area contributed by atoms with Gasteiger partial charge in [0.05, 0.1) is 0 Å². The van der Waals surface area contributed by atoms with Crippen LogP contribution in [0.2, 0.25) is 5.02 Å². The van der Waals surface area contributed by atoms with Gasteiger partial charge in [-0.3, -0.25) is 0 Å². The largest absolute Gasteiger partial charge is 0.490 e. The lowest BCUT2D eigenvalue weighted by Crippen LogP contribution is -2.50. The van der Waals surface area contributed by atoms with Gasteiger partial charge in [0.25, 0.3) is 0 Å². The number of amides is 1. The Hall–Kier alpha value is -1.42. The summed E-state index contributed by atoms with van der Waals surface area (Å²) in [5, 5.41) is 0.706. The maximum atomic E-state index is 12.4. The summed E-state index contributed by atoms with van der Waals surface area (Å²) in [6.07, 6.45) is 3.74. The van der Waals surface area contributed by atoms with E-state index in [0.717, 1.165) is 31.4 Å². The number of rotatable bonds is 2. The molecule has 1 unspecified atom stereocenters. The summed E-state index contributed by atoms with van der Waals surface area (Å²) < 4.78 is 11.6. The molecule has 0 spiro atoms. The maximum Gasteiger partial charge on any atom is 0.410 e. The molecule has 2 aliphatic heterocycles. The molecule has 2 saturated heterocycles. The Morgan fingerprint density at radius 1 is 1.13 bits per heavy atom. The minimum atomic E-state index is -0.451. The second kappa shape index (κ2) is 6.23. The first-order valence-corrected chi connectivity index (χ1v) is 8.63. The summed E-state index contributed by atoms with van der Waals surface area (Å²) in [5.74, 6) is 0.838. The van der Waals surface area contributed by atoms with Gasteiger partial charge in [-0.2, -0.15) is 0 Å². The third-order valence-corrected chi connectivity index (χ3v) is 4.66. The summed E-state index contributed by atoms with van der Waals surface area (Å²) >= 11 is 5.90. The predicted octanol–water partition coefficient (Wildman–Crippen LogP) is 4.65. The van der Waals surface area contributed by atoms with E-state index < -0.39 is 5.60 Å².